The molecule has 1 aliphatic heterocycles. The van der Waals surface area contributed by atoms with Gasteiger partial charge in [-0.1, -0.05) is 19.8 Å². The molecule has 0 aromatic heterocycles. The van der Waals surface area contributed by atoms with Gasteiger partial charge >= 0.3 is 0 Å². The summed E-state index contributed by atoms with van der Waals surface area (Å²) in [4.78, 5) is 13.4. The van der Waals surface area contributed by atoms with Crippen LogP contribution >= 0.6 is 0 Å². The van der Waals surface area contributed by atoms with Gasteiger partial charge in [0.1, 0.15) is 0 Å². The average Bonchev–Trinajstić information content (AvgIpc) is 2.17. The minimum absolute atomic E-state index is 0.0651. The van der Waals surface area contributed by atoms with Crippen LogP contribution in [0.4, 0.5) is 0 Å². The summed E-state index contributed by atoms with van der Waals surface area (Å²) in [7, 11) is 3.65. The quantitative estimate of drug-likeness (QED) is 0.740. The molecule has 0 radical (unpaired) electrons. The second-order valence-corrected chi connectivity index (χ2v) is 4.42. The Morgan fingerprint density at radius 1 is 1.50 bits per heavy atom. The van der Waals surface area contributed by atoms with Gasteiger partial charge in [0.15, 0.2) is 0 Å². The van der Waals surface area contributed by atoms with Gasteiger partial charge in [-0.3, -0.25) is 4.79 Å². The van der Waals surface area contributed by atoms with Gasteiger partial charge < -0.3 is 10.2 Å². The van der Waals surface area contributed by atoms with E-state index in [2.05, 4.69) is 12.2 Å². The molecular weight excluding hydrogens is 176 g/mol. The Labute approximate surface area is 86.9 Å². The number of nitrogens with zero attached hydrogens (tertiary/aromatic N) is 1. The number of hydrogen-bond donors (Lipinski definition) is 1. The van der Waals surface area contributed by atoms with Crippen LogP contribution in [-0.4, -0.2) is 37.5 Å². The van der Waals surface area contributed by atoms with Gasteiger partial charge in [-0.25, -0.2) is 0 Å². The summed E-state index contributed by atoms with van der Waals surface area (Å²) < 4.78 is 0. The molecule has 2 unspecified atom stereocenters. The summed E-state index contributed by atoms with van der Waals surface area (Å²) in [5.74, 6) is 0.973. The van der Waals surface area contributed by atoms with Gasteiger partial charge in [-0.05, 0) is 25.3 Å². The Balaban J connectivity index is 2.43. The number of carbonyl (C=O) groups excluding carboxylic acids is 1. The molecule has 1 fully saturated rings. The lowest BCUT2D eigenvalue weighted by Crippen LogP contribution is -2.48. The van der Waals surface area contributed by atoms with Crippen LogP contribution in [0.25, 0.3) is 0 Å². The fourth-order valence-corrected chi connectivity index (χ4v) is 2.17. The SMILES string of the molecule is CCCC1CCNC(C(=O)N(C)C)C1. The zero-order valence-corrected chi connectivity index (χ0v) is 9.55. The zero-order valence-electron chi connectivity index (χ0n) is 9.55. The third kappa shape index (κ3) is 2.98. The zero-order chi connectivity index (χ0) is 10.6. The van der Waals surface area contributed by atoms with Crippen molar-refractivity contribution in [3.05, 3.63) is 0 Å². The first kappa shape index (κ1) is 11.5. The Morgan fingerprint density at radius 3 is 2.79 bits per heavy atom. The van der Waals surface area contributed by atoms with Gasteiger partial charge in [-0.2, -0.15) is 0 Å². The maximum atomic E-state index is 11.7. The van der Waals surface area contributed by atoms with Crippen LogP contribution in [0.3, 0.4) is 0 Å². The summed E-state index contributed by atoms with van der Waals surface area (Å²) in [6.07, 6.45) is 4.74. The highest BCUT2D eigenvalue weighted by molar-refractivity contribution is 5.81. The van der Waals surface area contributed by atoms with Crippen LogP contribution in [0.2, 0.25) is 0 Å². The summed E-state index contributed by atoms with van der Waals surface area (Å²) >= 11 is 0. The second-order valence-electron chi connectivity index (χ2n) is 4.42. The number of piperidine rings is 1. The van der Waals surface area contributed by atoms with Crippen molar-refractivity contribution in [2.75, 3.05) is 20.6 Å². The summed E-state index contributed by atoms with van der Waals surface area (Å²) in [6.45, 7) is 3.21. The second kappa shape index (κ2) is 5.35. The molecule has 0 aromatic carbocycles. The molecule has 0 saturated carbocycles. The van der Waals surface area contributed by atoms with Crippen molar-refractivity contribution in [3.63, 3.8) is 0 Å². The van der Waals surface area contributed by atoms with Crippen molar-refractivity contribution in [1.82, 2.24) is 10.2 Å². The smallest absolute Gasteiger partial charge is 0.239 e. The summed E-state index contributed by atoms with van der Waals surface area (Å²) in [5.41, 5.74) is 0. The molecule has 3 heteroatoms. The molecule has 1 N–H and O–H groups in total. The number of hydrogen-bond acceptors (Lipinski definition) is 2. The lowest BCUT2D eigenvalue weighted by atomic mass is 9.88. The van der Waals surface area contributed by atoms with E-state index in [1.807, 2.05) is 14.1 Å². The van der Waals surface area contributed by atoms with E-state index in [9.17, 15) is 4.79 Å². The molecule has 2 atom stereocenters. The molecule has 0 aliphatic carbocycles. The van der Waals surface area contributed by atoms with Crippen molar-refractivity contribution in [1.29, 1.82) is 0 Å². The number of amides is 1. The highest BCUT2D eigenvalue weighted by Gasteiger charge is 2.26. The van der Waals surface area contributed by atoms with E-state index in [4.69, 9.17) is 0 Å². The van der Waals surface area contributed by atoms with E-state index in [-0.39, 0.29) is 11.9 Å². The standard InChI is InChI=1S/C11H22N2O/c1-4-5-9-6-7-12-10(8-9)11(14)13(2)3/h9-10,12H,4-8H2,1-3H3. The molecule has 3 nitrogen and oxygen atoms in total. The Morgan fingerprint density at radius 2 is 2.21 bits per heavy atom. The predicted molar refractivity (Wildman–Crippen MR) is 58.1 cm³/mol. The van der Waals surface area contributed by atoms with E-state index in [1.165, 1.54) is 19.3 Å². The van der Waals surface area contributed by atoms with Crippen molar-refractivity contribution in [3.8, 4) is 0 Å². The molecule has 0 aromatic rings. The molecule has 14 heavy (non-hydrogen) atoms. The molecule has 1 aliphatic rings. The third-order valence-electron chi connectivity index (χ3n) is 2.95. The summed E-state index contributed by atoms with van der Waals surface area (Å²) in [6, 6.07) is 0.0651. The van der Waals surface area contributed by atoms with E-state index >= 15 is 0 Å². The first-order chi connectivity index (χ1) is 6.65. The lowest BCUT2D eigenvalue weighted by Gasteiger charge is -2.30. The summed E-state index contributed by atoms with van der Waals surface area (Å²) in [5, 5.41) is 3.30. The van der Waals surface area contributed by atoms with Gasteiger partial charge in [0.2, 0.25) is 5.91 Å². The van der Waals surface area contributed by atoms with Crippen molar-refractivity contribution in [2.24, 2.45) is 5.92 Å². The van der Waals surface area contributed by atoms with E-state index < -0.39 is 0 Å². The normalized spacial score (nSPS) is 27.4. The van der Waals surface area contributed by atoms with Crippen molar-refractivity contribution >= 4 is 5.91 Å². The largest absolute Gasteiger partial charge is 0.347 e. The van der Waals surface area contributed by atoms with E-state index in [0.29, 0.717) is 0 Å². The number of carbonyl (C=O) groups is 1. The topological polar surface area (TPSA) is 32.3 Å². The molecule has 1 amide bonds. The van der Waals surface area contributed by atoms with Crippen molar-refractivity contribution < 1.29 is 4.79 Å². The molecular formula is C11H22N2O. The highest BCUT2D eigenvalue weighted by atomic mass is 16.2. The van der Waals surface area contributed by atoms with Crippen LogP contribution in [0.15, 0.2) is 0 Å². The minimum Gasteiger partial charge on any atom is -0.347 e. The van der Waals surface area contributed by atoms with Gasteiger partial charge in [0, 0.05) is 14.1 Å². The predicted octanol–water partition coefficient (Wildman–Crippen LogP) is 1.24. The van der Waals surface area contributed by atoms with Crippen LogP contribution in [0.1, 0.15) is 32.6 Å². The van der Waals surface area contributed by atoms with Crippen LogP contribution < -0.4 is 5.32 Å². The Hall–Kier alpha value is -0.570. The first-order valence-corrected chi connectivity index (χ1v) is 5.59. The molecule has 82 valence electrons. The maximum absolute atomic E-state index is 11.7. The number of rotatable bonds is 3. The van der Waals surface area contributed by atoms with E-state index in [1.54, 1.807) is 4.90 Å². The molecule has 1 heterocycles. The van der Waals surface area contributed by atoms with Crippen LogP contribution in [0.5, 0.6) is 0 Å². The Bertz CT molecular complexity index is 190. The molecule has 1 saturated heterocycles. The lowest BCUT2D eigenvalue weighted by molar-refractivity contribution is -0.131. The fourth-order valence-electron chi connectivity index (χ4n) is 2.17. The van der Waals surface area contributed by atoms with Gasteiger partial charge in [0.05, 0.1) is 6.04 Å². The molecule has 0 bridgehead atoms. The van der Waals surface area contributed by atoms with E-state index in [0.717, 1.165) is 18.9 Å². The number of likely N-dealkylation sites (N-methyl/N-ethyl adjacent to an activating group) is 1. The number of nitrogens with one attached hydrogen (secondary N) is 1. The maximum Gasteiger partial charge on any atom is 0.239 e. The van der Waals surface area contributed by atoms with Crippen LogP contribution in [-0.2, 0) is 4.79 Å². The third-order valence-corrected chi connectivity index (χ3v) is 2.95. The highest BCUT2D eigenvalue weighted by Crippen LogP contribution is 2.21. The van der Waals surface area contributed by atoms with Gasteiger partial charge in [0.25, 0.3) is 0 Å². The van der Waals surface area contributed by atoms with Crippen LogP contribution in [0, 0.1) is 5.92 Å². The monoisotopic (exact) mass is 198 g/mol. The van der Waals surface area contributed by atoms with Gasteiger partial charge in [-0.15, -0.1) is 0 Å². The first-order valence-electron chi connectivity index (χ1n) is 5.59. The van der Waals surface area contributed by atoms with Crippen molar-refractivity contribution in [2.45, 2.75) is 38.6 Å². The minimum atomic E-state index is 0.0651. The fraction of sp³-hybridized carbons (Fsp3) is 0.909. The molecule has 1 rings (SSSR count). The average molecular weight is 198 g/mol. The molecule has 0 spiro atoms. The Kier molecular flexibility index (Phi) is 4.39.